The van der Waals surface area contributed by atoms with Gasteiger partial charge in [0.25, 0.3) is 0 Å². The standard InChI is InChI=1S/C15H10Cl3N3.C15H13Cl2N5.C15H15Cl2N5/c16-12-10(7-19)14(18)21-15(13(12)17)20-11-6-2-4-8-3-1-5-9(8)11;16-11-12-10(14(18)22-21-12)13(17)20-15(11)19-9-6-2-4-7-3-1-5-8(7)9;16-11-10-13(18)21-22-14(10)20-15(12(11)17)19-9-6-2-4-7-3-1-5-8(7)9/h2,4,6H,1,3,5H2,(H,20,21);2,4,6H,1,3,5H2,(H,19,20)(H3,18,21,22);2,4,6,13,21H,1,3,5,18H2,(H2,19,20,22). The zero-order valence-corrected chi connectivity index (χ0v) is 39.5. The van der Waals surface area contributed by atoms with Gasteiger partial charge in [-0.1, -0.05) is 118 Å². The number of H-pyrrole nitrogens is 1. The molecule has 0 spiro atoms. The van der Waals surface area contributed by atoms with E-state index in [0.717, 1.165) is 62.0 Å². The highest BCUT2D eigenvalue weighted by Gasteiger charge is 2.28. The molecule has 20 heteroatoms. The van der Waals surface area contributed by atoms with Crippen molar-refractivity contribution in [2.75, 3.05) is 27.1 Å². The van der Waals surface area contributed by atoms with Gasteiger partial charge in [-0.15, -0.1) is 0 Å². The minimum absolute atomic E-state index is 0.0435. The van der Waals surface area contributed by atoms with Crippen molar-refractivity contribution in [3.8, 4) is 6.07 Å². The first-order chi connectivity index (χ1) is 31.4. The van der Waals surface area contributed by atoms with E-state index in [0.29, 0.717) is 60.6 Å². The maximum Gasteiger partial charge on any atom is 0.156 e. The molecule has 1 atom stereocenters. The fourth-order valence-corrected chi connectivity index (χ4v) is 10.3. The largest absolute Gasteiger partial charge is 0.382 e. The molecular formula is C45H38Cl7N13. The minimum Gasteiger partial charge on any atom is -0.382 e. The second kappa shape index (κ2) is 19.1. The molecule has 3 aromatic carbocycles. The number of pyridine rings is 3. The van der Waals surface area contributed by atoms with Gasteiger partial charge >= 0.3 is 0 Å². The van der Waals surface area contributed by atoms with Crippen LogP contribution in [0.3, 0.4) is 0 Å². The number of nitrogens with zero attached hydrogens (tertiary/aromatic N) is 5. The first kappa shape index (κ1) is 45.2. The highest BCUT2D eigenvalue weighted by molar-refractivity contribution is 6.46. The Bertz CT molecular complexity index is 3060. The number of benzene rings is 3. The molecule has 0 amide bonds. The topological polar surface area (TPSA) is 203 Å². The Kier molecular flexibility index (Phi) is 13.3. The van der Waals surface area contributed by atoms with Gasteiger partial charge in [0.2, 0.25) is 0 Å². The van der Waals surface area contributed by atoms with E-state index in [2.05, 4.69) is 70.2 Å². The molecule has 4 aromatic heterocycles. The molecule has 0 radical (unpaired) electrons. The van der Waals surface area contributed by atoms with Crippen LogP contribution in [0, 0.1) is 11.3 Å². The van der Waals surface area contributed by atoms with Crippen LogP contribution in [0.1, 0.15) is 69.9 Å². The summed E-state index contributed by atoms with van der Waals surface area (Å²) in [6.07, 6.45) is 9.55. The maximum absolute atomic E-state index is 8.99. The predicted molar refractivity (Wildman–Crippen MR) is 265 cm³/mol. The normalized spacial score (nSPS) is 15.1. The summed E-state index contributed by atoms with van der Waals surface area (Å²) in [6.45, 7) is 0. The quantitative estimate of drug-likeness (QED) is 0.0734. The van der Waals surface area contributed by atoms with Crippen LogP contribution >= 0.6 is 81.2 Å². The first-order valence-corrected chi connectivity index (χ1v) is 23.3. The Hall–Kier alpha value is -4.98. The number of hydrogen-bond acceptors (Lipinski definition) is 12. The van der Waals surface area contributed by atoms with Gasteiger partial charge in [0.1, 0.15) is 38.0 Å². The van der Waals surface area contributed by atoms with Gasteiger partial charge in [0, 0.05) is 22.6 Å². The van der Waals surface area contributed by atoms with Gasteiger partial charge in [-0.25, -0.2) is 20.4 Å². The number of nitrogen functional groups attached to an aromatic ring is 1. The molecule has 10 N–H and O–H groups in total. The third-order valence-electron chi connectivity index (χ3n) is 11.8. The van der Waals surface area contributed by atoms with Crippen molar-refractivity contribution in [3.63, 3.8) is 0 Å². The lowest BCUT2D eigenvalue weighted by atomic mass is 10.1. The van der Waals surface area contributed by atoms with E-state index in [1.807, 2.05) is 42.5 Å². The molecule has 7 aromatic rings. The van der Waals surface area contributed by atoms with E-state index in [1.165, 1.54) is 46.2 Å². The zero-order chi connectivity index (χ0) is 45.5. The minimum atomic E-state index is -0.414. The van der Waals surface area contributed by atoms with Crippen LogP contribution in [0.15, 0.2) is 54.6 Å². The highest BCUT2D eigenvalue weighted by atomic mass is 35.5. The second-order valence-electron chi connectivity index (χ2n) is 15.7. The van der Waals surface area contributed by atoms with Crippen LogP contribution < -0.4 is 38.3 Å². The lowest BCUT2D eigenvalue weighted by molar-refractivity contribution is 0.655. The Balaban J connectivity index is 0.000000123. The Morgan fingerprint density at radius 2 is 1.08 bits per heavy atom. The fraction of sp³-hybridized carbons (Fsp3) is 0.222. The average Bonchev–Trinajstić information content (AvgIpc) is 4.16. The molecule has 5 heterocycles. The number of nitriles is 1. The van der Waals surface area contributed by atoms with Crippen molar-refractivity contribution in [1.29, 1.82) is 5.26 Å². The number of hydrogen-bond donors (Lipinski definition) is 8. The molecule has 1 unspecified atom stereocenters. The van der Waals surface area contributed by atoms with Crippen molar-refractivity contribution >= 4 is 138 Å². The van der Waals surface area contributed by atoms with E-state index in [4.69, 9.17) is 97.9 Å². The van der Waals surface area contributed by atoms with E-state index >= 15 is 0 Å². The Morgan fingerprint density at radius 1 is 0.600 bits per heavy atom. The highest BCUT2D eigenvalue weighted by Crippen LogP contribution is 2.43. The SMILES string of the molecule is N#Cc1c(Cl)nc(Nc2cccc3c2CCC3)c(Cl)c1Cl.NC1NNc2nc(Nc3cccc4c3CCC4)c(Cl)c(Cl)c21.Nc1n[nH]c2c(Cl)c(Nc3cccc4c3CCC4)nc(Cl)c12. The van der Waals surface area contributed by atoms with Crippen LogP contribution in [0.5, 0.6) is 0 Å². The summed E-state index contributed by atoms with van der Waals surface area (Å²) in [6, 6.07) is 20.5. The molecule has 0 saturated carbocycles. The Labute approximate surface area is 408 Å². The fourth-order valence-electron chi connectivity index (χ4n) is 8.63. The molecule has 65 heavy (non-hydrogen) atoms. The van der Waals surface area contributed by atoms with E-state index in [1.54, 1.807) is 0 Å². The van der Waals surface area contributed by atoms with Crippen molar-refractivity contribution in [3.05, 3.63) is 135 Å². The summed E-state index contributed by atoms with van der Waals surface area (Å²) in [5.74, 6) is 2.31. The van der Waals surface area contributed by atoms with Crippen molar-refractivity contribution in [1.82, 2.24) is 30.6 Å². The van der Waals surface area contributed by atoms with Gasteiger partial charge in [0.15, 0.2) is 34.2 Å². The number of hydrazine groups is 1. The molecule has 3 aliphatic carbocycles. The number of aromatic nitrogens is 5. The molecule has 332 valence electrons. The molecule has 0 bridgehead atoms. The molecular weight excluding hydrogens is 971 g/mol. The smallest absolute Gasteiger partial charge is 0.156 e. The number of anilines is 8. The van der Waals surface area contributed by atoms with Crippen molar-refractivity contribution in [2.45, 2.75) is 64.0 Å². The monoisotopic (exact) mass is 1010 g/mol. The summed E-state index contributed by atoms with van der Waals surface area (Å²) in [5.41, 5.74) is 29.9. The molecule has 13 nitrogen and oxygen atoms in total. The van der Waals surface area contributed by atoms with Gasteiger partial charge < -0.3 is 32.8 Å². The van der Waals surface area contributed by atoms with E-state index in [-0.39, 0.29) is 25.9 Å². The third kappa shape index (κ3) is 8.88. The zero-order valence-electron chi connectivity index (χ0n) is 34.2. The van der Waals surface area contributed by atoms with Crippen LogP contribution in [-0.2, 0) is 38.5 Å². The maximum atomic E-state index is 8.99. The lowest BCUT2D eigenvalue weighted by Crippen LogP contribution is -2.25. The average molecular weight is 1010 g/mol. The number of nitrogens with two attached hydrogens (primary N) is 2. The molecule has 11 rings (SSSR count). The summed E-state index contributed by atoms with van der Waals surface area (Å²) in [5, 5.41) is 28.0. The number of fused-ring (bicyclic) bond motifs is 5. The van der Waals surface area contributed by atoms with Gasteiger partial charge in [-0.2, -0.15) is 10.4 Å². The summed E-state index contributed by atoms with van der Waals surface area (Å²) < 4.78 is 0. The van der Waals surface area contributed by atoms with Crippen molar-refractivity contribution < 1.29 is 0 Å². The lowest BCUT2D eigenvalue weighted by Gasteiger charge is -2.14. The first-order valence-electron chi connectivity index (χ1n) is 20.6. The summed E-state index contributed by atoms with van der Waals surface area (Å²) >= 11 is 43.6. The van der Waals surface area contributed by atoms with Gasteiger partial charge in [0.05, 0.1) is 20.9 Å². The van der Waals surface area contributed by atoms with E-state index in [9.17, 15) is 0 Å². The molecule has 4 aliphatic rings. The number of aryl methyl sites for hydroxylation is 3. The van der Waals surface area contributed by atoms with Crippen LogP contribution in [0.25, 0.3) is 10.9 Å². The van der Waals surface area contributed by atoms with Crippen LogP contribution in [0.2, 0.25) is 35.4 Å². The summed E-state index contributed by atoms with van der Waals surface area (Å²) in [7, 11) is 0. The molecule has 1 aliphatic heterocycles. The molecule has 0 saturated heterocycles. The van der Waals surface area contributed by atoms with Gasteiger partial charge in [-0.05, 0) is 109 Å². The number of nitrogens with one attached hydrogen (secondary N) is 6. The second-order valence-corrected chi connectivity index (χ2v) is 18.3. The molecule has 0 fully saturated rings. The third-order valence-corrected chi connectivity index (χ3v) is 14.4. The Morgan fingerprint density at radius 3 is 1.60 bits per heavy atom. The van der Waals surface area contributed by atoms with Gasteiger partial charge in [-0.3, -0.25) is 5.10 Å². The number of aromatic amines is 1. The van der Waals surface area contributed by atoms with E-state index < -0.39 is 6.17 Å². The van der Waals surface area contributed by atoms with Crippen molar-refractivity contribution in [2.24, 2.45) is 5.73 Å². The van der Waals surface area contributed by atoms with Crippen LogP contribution in [0.4, 0.5) is 46.2 Å². The number of rotatable bonds is 6. The summed E-state index contributed by atoms with van der Waals surface area (Å²) in [4.78, 5) is 13.0. The van der Waals surface area contributed by atoms with Crippen LogP contribution in [-0.4, -0.2) is 25.1 Å². The predicted octanol–water partition coefficient (Wildman–Crippen LogP) is 12.7. The number of halogens is 7.